The van der Waals surface area contributed by atoms with Crippen LogP contribution in [0.1, 0.15) is 29.5 Å². The third-order valence-electron chi connectivity index (χ3n) is 3.08. The first-order chi connectivity index (χ1) is 8.13. The van der Waals surface area contributed by atoms with Gasteiger partial charge >= 0.3 is 0 Å². The minimum atomic E-state index is -0.0504. The monoisotopic (exact) mass is 254 g/mol. The summed E-state index contributed by atoms with van der Waals surface area (Å²) in [5.41, 5.74) is 7.43. The zero-order valence-corrected chi connectivity index (χ0v) is 11.0. The summed E-state index contributed by atoms with van der Waals surface area (Å²) in [7, 11) is 0. The maximum absolute atomic E-state index is 12.2. The molecular formula is C11H18N4OS. The molecule has 3 N–H and O–H groups in total. The summed E-state index contributed by atoms with van der Waals surface area (Å²) in [6.45, 7) is 5.55. The molecule has 0 saturated carbocycles. The normalized spacial score (nSPS) is 20.6. The van der Waals surface area contributed by atoms with Gasteiger partial charge in [-0.25, -0.2) is 0 Å². The lowest BCUT2D eigenvalue weighted by atomic mass is 10.2. The zero-order chi connectivity index (χ0) is 12.4. The second kappa shape index (κ2) is 5.00. The average Bonchev–Trinajstić information content (AvgIpc) is 2.69. The van der Waals surface area contributed by atoms with Crippen LogP contribution in [0.4, 0.5) is 5.69 Å². The lowest BCUT2D eigenvalue weighted by molar-refractivity contribution is 0.0756. The molecule has 2 heterocycles. The van der Waals surface area contributed by atoms with Gasteiger partial charge in [0.05, 0.1) is 11.4 Å². The lowest BCUT2D eigenvalue weighted by Crippen LogP contribution is -2.42. The smallest absolute Gasteiger partial charge is 0.276 e. The minimum absolute atomic E-state index is 0.0504. The Hall–Kier alpha value is -1.17. The van der Waals surface area contributed by atoms with Gasteiger partial charge in [0.1, 0.15) is 0 Å². The van der Waals surface area contributed by atoms with Crippen molar-refractivity contribution in [3.8, 4) is 0 Å². The highest BCUT2D eigenvalue weighted by Gasteiger charge is 2.26. The van der Waals surface area contributed by atoms with Crippen LogP contribution < -0.4 is 5.73 Å². The van der Waals surface area contributed by atoms with Gasteiger partial charge in [-0.2, -0.15) is 16.9 Å². The molecule has 2 rings (SSSR count). The molecule has 0 aromatic carbocycles. The number of aromatic nitrogens is 2. The van der Waals surface area contributed by atoms with E-state index in [2.05, 4.69) is 17.1 Å². The molecule has 0 bridgehead atoms. The first-order valence-corrected chi connectivity index (χ1v) is 6.89. The summed E-state index contributed by atoms with van der Waals surface area (Å²) >= 11 is 1.94. The first-order valence-electron chi connectivity index (χ1n) is 5.84. The predicted molar refractivity (Wildman–Crippen MR) is 70.2 cm³/mol. The van der Waals surface area contributed by atoms with Gasteiger partial charge < -0.3 is 10.6 Å². The fourth-order valence-electron chi connectivity index (χ4n) is 1.90. The van der Waals surface area contributed by atoms with E-state index in [9.17, 15) is 4.79 Å². The molecule has 1 atom stereocenters. The van der Waals surface area contributed by atoms with E-state index in [1.165, 1.54) is 0 Å². The van der Waals surface area contributed by atoms with Crippen molar-refractivity contribution in [2.75, 3.05) is 24.6 Å². The number of amides is 1. The van der Waals surface area contributed by atoms with E-state index in [1.54, 1.807) is 0 Å². The van der Waals surface area contributed by atoms with Crippen molar-refractivity contribution in [2.45, 2.75) is 25.5 Å². The second-order valence-electron chi connectivity index (χ2n) is 4.26. The van der Waals surface area contributed by atoms with E-state index in [0.29, 0.717) is 16.6 Å². The topological polar surface area (TPSA) is 75.0 Å². The third kappa shape index (κ3) is 2.41. The molecule has 1 aromatic rings. The van der Waals surface area contributed by atoms with Gasteiger partial charge in [-0.3, -0.25) is 9.89 Å². The van der Waals surface area contributed by atoms with Crippen molar-refractivity contribution in [1.29, 1.82) is 0 Å². The highest BCUT2D eigenvalue weighted by atomic mass is 32.2. The molecule has 1 saturated heterocycles. The number of nitrogens with one attached hydrogen (secondary N) is 1. The quantitative estimate of drug-likeness (QED) is 0.833. The number of nitrogens with two attached hydrogens (primary N) is 1. The number of aryl methyl sites for hydroxylation is 1. The number of carbonyl (C=O) groups is 1. The number of H-pyrrole nitrogens is 1. The molecule has 0 aliphatic carbocycles. The van der Waals surface area contributed by atoms with Crippen LogP contribution in [0.3, 0.4) is 0 Å². The molecule has 17 heavy (non-hydrogen) atoms. The van der Waals surface area contributed by atoms with Crippen molar-refractivity contribution in [3.05, 3.63) is 11.4 Å². The molecule has 0 spiro atoms. The molecule has 6 heteroatoms. The Morgan fingerprint density at radius 1 is 1.71 bits per heavy atom. The number of carbonyl (C=O) groups excluding carboxylic acids is 1. The van der Waals surface area contributed by atoms with E-state index in [-0.39, 0.29) is 5.91 Å². The van der Waals surface area contributed by atoms with Crippen LogP contribution in [0, 0.1) is 6.92 Å². The Morgan fingerprint density at radius 3 is 3.06 bits per heavy atom. The van der Waals surface area contributed by atoms with E-state index in [4.69, 9.17) is 5.73 Å². The largest absolute Gasteiger partial charge is 0.395 e. The van der Waals surface area contributed by atoms with Crippen molar-refractivity contribution < 1.29 is 4.79 Å². The summed E-state index contributed by atoms with van der Waals surface area (Å²) < 4.78 is 0. The Labute approximate surface area is 105 Å². The first kappa shape index (κ1) is 12.3. The molecular weight excluding hydrogens is 236 g/mol. The summed E-state index contributed by atoms with van der Waals surface area (Å²) in [5, 5.41) is 7.28. The van der Waals surface area contributed by atoms with Crippen LogP contribution in [0.15, 0.2) is 0 Å². The van der Waals surface area contributed by atoms with Crippen LogP contribution in [0.2, 0.25) is 0 Å². The summed E-state index contributed by atoms with van der Waals surface area (Å²) in [4.78, 5) is 14.1. The zero-order valence-electron chi connectivity index (χ0n) is 10.2. The highest BCUT2D eigenvalue weighted by molar-refractivity contribution is 8.00. The fourth-order valence-corrected chi connectivity index (χ4v) is 3.08. The maximum Gasteiger partial charge on any atom is 0.276 e. The van der Waals surface area contributed by atoms with E-state index in [0.717, 1.165) is 31.0 Å². The van der Waals surface area contributed by atoms with E-state index in [1.807, 2.05) is 23.6 Å². The SMILES string of the molecule is CCC1CN(C(=O)c2n[nH]c(C)c2N)CCS1. The number of thioether (sulfide) groups is 1. The van der Waals surface area contributed by atoms with Crippen LogP contribution in [0.25, 0.3) is 0 Å². The van der Waals surface area contributed by atoms with Crippen molar-refractivity contribution >= 4 is 23.4 Å². The summed E-state index contributed by atoms with van der Waals surface area (Å²) in [6.07, 6.45) is 1.09. The molecule has 1 aliphatic heterocycles. The van der Waals surface area contributed by atoms with E-state index < -0.39 is 0 Å². The van der Waals surface area contributed by atoms with Gasteiger partial charge in [0.15, 0.2) is 5.69 Å². The molecule has 1 aliphatic rings. The number of nitrogen functional groups attached to an aromatic ring is 1. The number of aromatic amines is 1. The van der Waals surface area contributed by atoms with Gasteiger partial charge in [-0.15, -0.1) is 0 Å². The molecule has 1 amide bonds. The van der Waals surface area contributed by atoms with Crippen molar-refractivity contribution in [2.24, 2.45) is 0 Å². The lowest BCUT2D eigenvalue weighted by Gasteiger charge is -2.31. The Bertz CT molecular complexity index is 418. The highest BCUT2D eigenvalue weighted by Crippen LogP contribution is 2.23. The molecule has 5 nitrogen and oxygen atoms in total. The maximum atomic E-state index is 12.2. The molecule has 1 aromatic heterocycles. The number of hydrogen-bond acceptors (Lipinski definition) is 4. The Kier molecular flexibility index (Phi) is 3.61. The second-order valence-corrected chi connectivity index (χ2v) is 5.67. The van der Waals surface area contributed by atoms with Crippen molar-refractivity contribution in [1.82, 2.24) is 15.1 Å². The Morgan fingerprint density at radius 2 is 2.47 bits per heavy atom. The molecule has 1 fully saturated rings. The number of anilines is 1. The van der Waals surface area contributed by atoms with E-state index >= 15 is 0 Å². The molecule has 94 valence electrons. The Balaban J connectivity index is 2.12. The number of nitrogens with zero attached hydrogens (tertiary/aromatic N) is 2. The van der Waals surface area contributed by atoms with Gasteiger partial charge in [-0.05, 0) is 13.3 Å². The summed E-state index contributed by atoms with van der Waals surface area (Å²) in [6, 6.07) is 0. The third-order valence-corrected chi connectivity index (χ3v) is 4.45. The van der Waals surface area contributed by atoms with Crippen LogP contribution in [0.5, 0.6) is 0 Å². The molecule has 0 radical (unpaired) electrons. The van der Waals surface area contributed by atoms with Crippen molar-refractivity contribution in [3.63, 3.8) is 0 Å². The predicted octanol–water partition coefficient (Wildman–Crippen LogP) is 1.27. The van der Waals surface area contributed by atoms with Gasteiger partial charge in [0.2, 0.25) is 0 Å². The van der Waals surface area contributed by atoms with Crippen LogP contribution in [-0.2, 0) is 0 Å². The van der Waals surface area contributed by atoms with Gasteiger partial charge in [0, 0.05) is 24.1 Å². The van der Waals surface area contributed by atoms with Gasteiger partial charge in [-0.1, -0.05) is 6.92 Å². The minimum Gasteiger partial charge on any atom is -0.395 e. The van der Waals surface area contributed by atoms with Crippen LogP contribution in [-0.4, -0.2) is 45.1 Å². The molecule has 1 unspecified atom stereocenters. The fraction of sp³-hybridized carbons (Fsp3) is 0.636. The van der Waals surface area contributed by atoms with Gasteiger partial charge in [0.25, 0.3) is 5.91 Å². The standard InChI is InChI=1S/C11H18N4OS/c1-3-8-6-15(4-5-17-8)11(16)10-9(12)7(2)13-14-10/h8H,3-6,12H2,1-2H3,(H,13,14). The average molecular weight is 254 g/mol. The number of hydrogen-bond donors (Lipinski definition) is 2. The summed E-state index contributed by atoms with van der Waals surface area (Å²) in [5.74, 6) is 0.943. The van der Waals surface area contributed by atoms with Crippen LogP contribution >= 0.6 is 11.8 Å². The number of rotatable bonds is 2.